The first-order valence-corrected chi connectivity index (χ1v) is 12.3. The van der Waals surface area contributed by atoms with Crippen LogP contribution >= 0.6 is 18.1 Å². The van der Waals surface area contributed by atoms with Gasteiger partial charge in [0.15, 0.2) is 0 Å². The molecule has 0 amide bonds. The van der Waals surface area contributed by atoms with Gasteiger partial charge in [0.1, 0.15) is 6.72 Å². The van der Waals surface area contributed by atoms with Gasteiger partial charge in [0.2, 0.25) is 0 Å². The van der Waals surface area contributed by atoms with Gasteiger partial charge in [-0.05, 0) is 45.8 Å². The van der Waals surface area contributed by atoms with E-state index in [4.69, 9.17) is 0 Å². The van der Waals surface area contributed by atoms with Crippen LogP contribution in [-0.2, 0) is 16.9 Å². The molecule has 1 atom stereocenters. The van der Waals surface area contributed by atoms with Gasteiger partial charge in [0.05, 0.1) is 0 Å². The first-order chi connectivity index (χ1) is 13.5. The summed E-state index contributed by atoms with van der Waals surface area (Å²) in [6, 6.07) is 28.2. The van der Waals surface area contributed by atoms with E-state index >= 15 is 0 Å². The van der Waals surface area contributed by atoms with Crippen LogP contribution in [0.2, 0.25) is 0 Å². The normalized spacial score (nSPS) is 13.3. The molecule has 0 aliphatic rings. The number of nitrogens with zero attached hydrogens (tertiary/aromatic N) is 1. The summed E-state index contributed by atoms with van der Waals surface area (Å²) in [7, 11) is 1.67. The smallest absolute Gasteiger partial charge is 0.780 e. The average Bonchev–Trinajstić information content (AvgIpc) is 2.73. The predicted molar refractivity (Wildman–Crippen MR) is 118 cm³/mol. The molecule has 0 aliphatic carbocycles. The molecule has 6 heteroatoms. The van der Waals surface area contributed by atoms with E-state index in [1.165, 1.54) is 4.67 Å². The third kappa shape index (κ3) is 5.15. The maximum Gasteiger partial charge on any atom is 1.00 e. The fraction of sp³-hybridized carbons (Fsp3) is 0.130. The molecule has 0 saturated heterocycles. The van der Waals surface area contributed by atoms with Gasteiger partial charge in [-0.1, -0.05) is 90.2 Å². The van der Waals surface area contributed by atoms with Gasteiger partial charge in [-0.15, -0.1) is 0 Å². The molecule has 4 aromatic carbocycles. The topological polar surface area (TPSA) is 43.4 Å². The third-order valence-electron chi connectivity index (χ3n) is 4.93. The summed E-state index contributed by atoms with van der Waals surface area (Å²) in [6.07, 6.45) is 0. The van der Waals surface area contributed by atoms with Crippen molar-refractivity contribution in [3.8, 4) is 0 Å². The molecule has 0 radical (unpaired) electrons. The second-order valence-corrected chi connectivity index (χ2v) is 11.2. The van der Waals surface area contributed by atoms with Gasteiger partial charge in [0.25, 0.3) is 0 Å². The molecule has 29 heavy (non-hydrogen) atoms. The van der Waals surface area contributed by atoms with Crippen molar-refractivity contribution in [1.82, 2.24) is 4.67 Å². The average molecular weight is 429 g/mol. The molecular weight excluding hydrogens is 408 g/mol. The fourth-order valence-corrected chi connectivity index (χ4v) is 6.14. The van der Waals surface area contributed by atoms with Crippen LogP contribution in [0.4, 0.5) is 0 Å². The maximum atomic E-state index is 12.9. The number of hydrogen-bond acceptors (Lipinski definition) is 3. The van der Waals surface area contributed by atoms with Gasteiger partial charge in [-0.2, -0.15) is 0 Å². The van der Waals surface area contributed by atoms with E-state index in [1.807, 2.05) is 54.6 Å². The number of fused-ring (bicyclic) bond motifs is 2. The Morgan fingerprint density at radius 2 is 1.38 bits per heavy atom. The Morgan fingerprint density at radius 3 is 1.97 bits per heavy atom. The van der Waals surface area contributed by atoms with E-state index in [-0.39, 0.29) is 29.6 Å². The van der Waals surface area contributed by atoms with E-state index in [2.05, 4.69) is 30.3 Å². The number of benzene rings is 4. The van der Waals surface area contributed by atoms with E-state index in [0.29, 0.717) is 12.3 Å². The summed E-state index contributed by atoms with van der Waals surface area (Å²) in [5, 5.41) is 4.45. The van der Waals surface area contributed by atoms with Gasteiger partial charge < -0.3 is 9.46 Å². The molecule has 0 saturated carbocycles. The zero-order chi connectivity index (χ0) is 19.6. The van der Waals surface area contributed by atoms with Crippen LogP contribution in [0, 0.1) is 0 Å². The molecule has 0 heterocycles. The Balaban J connectivity index is 0.00000240. The Hall–Kier alpha value is -1.10. The Labute approximate surface area is 197 Å². The van der Waals surface area contributed by atoms with E-state index in [1.54, 1.807) is 7.05 Å². The molecule has 4 rings (SSSR count). The van der Waals surface area contributed by atoms with Crippen LogP contribution in [0.1, 0.15) is 11.1 Å². The molecule has 4 aromatic rings. The van der Waals surface area contributed by atoms with Gasteiger partial charge >= 0.3 is 29.6 Å². The minimum Gasteiger partial charge on any atom is -0.780 e. The minimum atomic E-state index is -3.77. The van der Waals surface area contributed by atoms with Gasteiger partial charge in [-0.25, -0.2) is 0 Å². The van der Waals surface area contributed by atoms with Crippen molar-refractivity contribution >= 4 is 39.6 Å². The third-order valence-corrected chi connectivity index (χ3v) is 8.89. The Morgan fingerprint density at radius 1 is 0.862 bits per heavy atom. The molecule has 142 valence electrons. The van der Waals surface area contributed by atoms with Crippen LogP contribution in [0.15, 0.2) is 84.9 Å². The molecule has 0 fully saturated rings. The van der Waals surface area contributed by atoms with Crippen molar-refractivity contribution in [2.45, 2.75) is 12.3 Å². The molecule has 0 N–H and O–H groups in total. The molecule has 0 aliphatic heterocycles. The zero-order valence-corrected chi connectivity index (χ0v) is 20.3. The van der Waals surface area contributed by atoms with Gasteiger partial charge in [0, 0.05) is 12.3 Å². The SMILES string of the molecule is CN(Cc1c2ccccc2cc2ccccc12)P(=O)([O-])SCc1ccccc1.[Na+]. The minimum absolute atomic E-state index is 0. The summed E-state index contributed by atoms with van der Waals surface area (Å²) in [6.45, 7) is -3.42. The van der Waals surface area contributed by atoms with Gasteiger partial charge in [-0.3, -0.25) is 4.67 Å². The molecule has 1 unspecified atom stereocenters. The largest absolute Gasteiger partial charge is 1.00 e. The van der Waals surface area contributed by atoms with Crippen molar-refractivity contribution in [2.24, 2.45) is 0 Å². The fourth-order valence-electron chi connectivity index (χ4n) is 3.42. The monoisotopic (exact) mass is 429 g/mol. The standard InChI is InChI=1S/C23H22NO2PS.Na/c1-24(27(25,26)28-17-18-9-3-2-4-10-18)16-23-21-13-7-5-11-19(21)15-20-12-6-8-14-22(20)23;/h2-15H,16-17H2,1H3,(H,25,26);/q;+1/p-1. The van der Waals surface area contributed by atoms with E-state index in [0.717, 1.165) is 44.1 Å². The van der Waals surface area contributed by atoms with Crippen molar-refractivity contribution in [2.75, 3.05) is 7.05 Å². The Kier molecular flexibility index (Phi) is 7.63. The molecule has 0 spiro atoms. The molecule has 0 bridgehead atoms. The van der Waals surface area contributed by atoms with Crippen LogP contribution in [0.3, 0.4) is 0 Å². The van der Waals surface area contributed by atoms with Crippen LogP contribution in [0.5, 0.6) is 0 Å². The molecular formula is C23H21NNaO2PS. The Bertz CT molecular complexity index is 1120. The first kappa shape index (κ1) is 22.6. The van der Waals surface area contributed by atoms with Crippen LogP contribution in [-0.4, -0.2) is 11.7 Å². The van der Waals surface area contributed by atoms with E-state index < -0.39 is 6.72 Å². The quantitative estimate of drug-likeness (QED) is 0.269. The second kappa shape index (κ2) is 9.80. The number of hydrogen-bond donors (Lipinski definition) is 0. The first-order valence-electron chi connectivity index (χ1n) is 9.15. The van der Waals surface area contributed by atoms with Crippen molar-refractivity contribution in [3.63, 3.8) is 0 Å². The molecule has 3 nitrogen and oxygen atoms in total. The number of rotatable bonds is 6. The van der Waals surface area contributed by atoms with Crippen molar-refractivity contribution < 1.29 is 39.0 Å². The van der Waals surface area contributed by atoms with Crippen LogP contribution < -0.4 is 34.5 Å². The zero-order valence-electron chi connectivity index (χ0n) is 16.6. The second-order valence-electron chi connectivity index (χ2n) is 6.84. The van der Waals surface area contributed by atoms with Crippen molar-refractivity contribution in [1.29, 1.82) is 0 Å². The summed E-state index contributed by atoms with van der Waals surface area (Å²) in [5.41, 5.74) is 2.06. The summed E-state index contributed by atoms with van der Waals surface area (Å²) in [4.78, 5) is 12.9. The summed E-state index contributed by atoms with van der Waals surface area (Å²) < 4.78 is 14.4. The van der Waals surface area contributed by atoms with Crippen LogP contribution in [0.25, 0.3) is 21.5 Å². The maximum absolute atomic E-state index is 12.9. The molecule has 0 aromatic heterocycles. The predicted octanol–water partition coefficient (Wildman–Crippen LogP) is 2.83. The van der Waals surface area contributed by atoms with Crippen molar-refractivity contribution in [3.05, 3.63) is 96.1 Å². The summed E-state index contributed by atoms with van der Waals surface area (Å²) >= 11 is 0.996. The van der Waals surface area contributed by atoms with E-state index in [9.17, 15) is 9.46 Å². The summed E-state index contributed by atoms with van der Waals surface area (Å²) in [5.74, 6) is 0.447.